The molecule has 2 rings (SSSR count). The lowest BCUT2D eigenvalue weighted by Crippen LogP contribution is -2.45. The first-order valence-corrected chi connectivity index (χ1v) is 6.25. The van der Waals surface area contributed by atoms with Crippen LogP contribution in [0.3, 0.4) is 0 Å². The lowest BCUT2D eigenvalue weighted by Gasteiger charge is -2.35. The normalized spacial score (nSPS) is 25.8. The standard InChI is InChI=1S/C11H16N2O2S/c1-7-5-13(6-8(2)15-7)11-12-4-10(16-11)9(3)14/h4,7-8H,5-6H2,1-3H3. The summed E-state index contributed by atoms with van der Waals surface area (Å²) in [5, 5.41) is 0.923. The van der Waals surface area contributed by atoms with Gasteiger partial charge in [-0.15, -0.1) is 0 Å². The fraction of sp³-hybridized carbons (Fsp3) is 0.636. The van der Waals surface area contributed by atoms with Crippen molar-refractivity contribution in [2.24, 2.45) is 0 Å². The van der Waals surface area contributed by atoms with Crippen molar-refractivity contribution in [3.8, 4) is 0 Å². The maximum atomic E-state index is 11.2. The van der Waals surface area contributed by atoms with E-state index in [0.29, 0.717) is 0 Å². The molecule has 88 valence electrons. The highest BCUT2D eigenvalue weighted by Crippen LogP contribution is 2.25. The number of hydrogen-bond acceptors (Lipinski definition) is 5. The Labute approximate surface area is 99.2 Å². The molecule has 0 amide bonds. The second-order valence-electron chi connectivity index (χ2n) is 4.23. The Balaban J connectivity index is 2.13. The molecule has 0 spiro atoms. The molecule has 4 nitrogen and oxygen atoms in total. The minimum absolute atomic E-state index is 0.0816. The van der Waals surface area contributed by atoms with Gasteiger partial charge in [0.25, 0.3) is 0 Å². The molecule has 2 heterocycles. The van der Waals surface area contributed by atoms with Gasteiger partial charge in [-0.2, -0.15) is 0 Å². The highest BCUT2D eigenvalue weighted by atomic mass is 32.1. The molecule has 0 bridgehead atoms. The molecule has 0 aliphatic carbocycles. The van der Waals surface area contributed by atoms with Crippen LogP contribution in [0.25, 0.3) is 0 Å². The van der Waals surface area contributed by atoms with Crippen LogP contribution in [0.2, 0.25) is 0 Å². The van der Waals surface area contributed by atoms with Crippen molar-refractivity contribution < 1.29 is 9.53 Å². The second-order valence-corrected chi connectivity index (χ2v) is 5.23. The fourth-order valence-corrected chi connectivity index (χ4v) is 2.74. The molecule has 1 aliphatic heterocycles. The highest BCUT2D eigenvalue weighted by molar-refractivity contribution is 7.17. The van der Waals surface area contributed by atoms with E-state index >= 15 is 0 Å². The van der Waals surface area contributed by atoms with Crippen LogP contribution in [-0.2, 0) is 4.74 Å². The van der Waals surface area contributed by atoms with E-state index in [-0.39, 0.29) is 18.0 Å². The Bertz CT molecular complexity index is 381. The van der Waals surface area contributed by atoms with Gasteiger partial charge in [-0.1, -0.05) is 11.3 Å². The van der Waals surface area contributed by atoms with E-state index < -0.39 is 0 Å². The third kappa shape index (κ3) is 2.41. The number of Topliss-reactive ketones (excluding diaryl/α,β-unsaturated/α-hetero) is 1. The topological polar surface area (TPSA) is 42.4 Å². The maximum absolute atomic E-state index is 11.2. The maximum Gasteiger partial charge on any atom is 0.186 e. The Kier molecular flexibility index (Phi) is 3.25. The van der Waals surface area contributed by atoms with Crippen molar-refractivity contribution in [1.82, 2.24) is 4.98 Å². The Morgan fingerprint density at radius 1 is 1.50 bits per heavy atom. The molecule has 2 unspecified atom stereocenters. The zero-order valence-electron chi connectivity index (χ0n) is 9.77. The van der Waals surface area contributed by atoms with Crippen LogP contribution in [0, 0.1) is 0 Å². The molecule has 2 atom stereocenters. The number of carbonyl (C=O) groups excluding carboxylic acids is 1. The summed E-state index contributed by atoms with van der Waals surface area (Å²) < 4.78 is 5.66. The molecular weight excluding hydrogens is 224 g/mol. The number of hydrogen-bond donors (Lipinski definition) is 0. The zero-order valence-corrected chi connectivity index (χ0v) is 10.6. The lowest BCUT2D eigenvalue weighted by atomic mass is 10.2. The van der Waals surface area contributed by atoms with Gasteiger partial charge in [-0.05, 0) is 13.8 Å². The first-order valence-electron chi connectivity index (χ1n) is 5.43. The van der Waals surface area contributed by atoms with E-state index in [4.69, 9.17) is 4.74 Å². The molecule has 1 aromatic heterocycles. The average Bonchev–Trinajstić information content (AvgIpc) is 2.64. The smallest absolute Gasteiger partial charge is 0.186 e. The number of ether oxygens (including phenoxy) is 1. The van der Waals surface area contributed by atoms with Gasteiger partial charge < -0.3 is 9.64 Å². The first-order chi connectivity index (χ1) is 7.56. The molecular formula is C11H16N2O2S. The number of aromatic nitrogens is 1. The Morgan fingerprint density at radius 2 is 2.12 bits per heavy atom. The molecule has 0 N–H and O–H groups in total. The van der Waals surface area contributed by atoms with Crippen molar-refractivity contribution >= 4 is 22.3 Å². The van der Waals surface area contributed by atoms with Crippen LogP contribution in [0.5, 0.6) is 0 Å². The van der Waals surface area contributed by atoms with Gasteiger partial charge in [0.1, 0.15) is 0 Å². The van der Waals surface area contributed by atoms with E-state index in [0.717, 1.165) is 23.1 Å². The molecule has 1 aliphatic rings. The summed E-state index contributed by atoms with van der Waals surface area (Å²) in [5.41, 5.74) is 0. The molecule has 1 aromatic rings. The van der Waals surface area contributed by atoms with Crippen LogP contribution in [-0.4, -0.2) is 36.1 Å². The van der Waals surface area contributed by atoms with Crippen LogP contribution in [0.4, 0.5) is 5.13 Å². The number of nitrogens with zero attached hydrogens (tertiary/aromatic N) is 2. The number of carbonyl (C=O) groups is 1. The quantitative estimate of drug-likeness (QED) is 0.741. The zero-order chi connectivity index (χ0) is 11.7. The monoisotopic (exact) mass is 240 g/mol. The van der Waals surface area contributed by atoms with E-state index in [2.05, 4.69) is 23.7 Å². The predicted molar refractivity (Wildman–Crippen MR) is 64.3 cm³/mol. The van der Waals surface area contributed by atoms with Gasteiger partial charge in [0.15, 0.2) is 10.9 Å². The molecule has 16 heavy (non-hydrogen) atoms. The summed E-state index contributed by atoms with van der Waals surface area (Å²) in [6.07, 6.45) is 2.09. The molecule has 0 radical (unpaired) electrons. The van der Waals surface area contributed by atoms with Gasteiger partial charge in [-0.25, -0.2) is 4.98 Å². The van der Waals surface area contributed by atoms with Crippen LogP contribution in [0.1, 0.15) is 30.4 Å². The van der Waals surface area contributed by atoms with E-state index in [1.807, 2.05) is 0 Å². The van der Waals surface area contributed by atoms with Gasteiger partial charge in [0.2, 0.25) is 0 Å². The number of ketones is 1. The van der Waals surface area contributed by atoms with Crippen LogP contribution < -0.4 is 4.90 Å². The van der Waals surface area contributed by atoms with Gasteiger partial charge >= 0.3 is 0 Å². The van der Waals surface area contributed by atoms with E-state index in [1.165, 1.54) is 11.3 Å². The van der Waals surface area contributed by atoms with Crippen LogP contribution >= 0.6 is 11.3 Å². The van der Waals surface area contributed by atoms with E-state index in [1.54, 1.807) is 13.1 Å². The SMILES string of the molecule is CC(=O)c1cnc(N2CC(C)OC(C)C2)s1. The molecule has 1 saturated heterocycles. The average molecular weight is 240 g/mol. The van der Waals surface area contributed by atoms with E-state index in [9.17, 15) is 4.79 Å². The van der Waals surface area contributed by atoms with Crippen molar-refractivity contribution in [3.63, 3.8) is 0 Å². The van der Waals surface area contributed by atoms with Crippen molar-refractivity contribution in [2.45, 2.75) is 33.0 Å². The summed E-state index contributed by atoms with van der Waals surface area (Å²) >= 11 is 1.46. The summed E-state index contributed by atoms with van der Waals surface area (Å²) in [6.45, 7) is 7.37. The summed E-state index contributed by atoms with van der Waals surface area (Å²) in [4.78, 5) is 18.4. The first kappa shape index (κ1) is 11.5. The van der Waals surface area contributed by atoms with Crippen molar-refractivity contribution in [3.05, 3.63) is 11.1 Å². The fourth-order valence-electron chi connectivity index (χ4n) is 1.91. The van der Waals surface area contributed by atoms with Crippen molar-refractivity contribution in [1.29, 1.82) is 0 Å². The minimum Gasteiger partial charge on any atom is -0.372 e. The number of morpholine rings is 1. The number of rotatable bonds is 2. The molecule has 0 saturated carbocycles. The third-order valence-electron chi connectivity index (χ3n) is 2.53. The van der Waals surface area contributed by atoms with Crippen molar-refractivity contribution in [2.75, 3.05) is 18.0 Å². The molecule has 1 fully saturated rings. The van der Waals surface area contributed by atoms with Gasteiger partial charge in [0.05, 0.1) is 23.3 Å². The second kappa shape index (κ2) is 4.51. The summed E-state index contributed by atoms with van der Waals surface area (Å²) in [5.74, 6) is 0.0816. The lowest BCUT2D eigenvalue weighted by molar-refractivity contribution is -0.00522. The summed E-state index contributed by atoms with van der Waals surface area (Å²) in [6, 6.07) is 0. The molecule has 0 aromatic carbocycles. The minimum atomic E-state index is 0.0816. The molecule has 5 heteroatoms. The largest absolute Gasteiger partial charge is 0.372 e. The summed E-state index contributed by atoms with van der Waals surface area (Å²) in [7, 11) is 0. The third-order valence-corrected chi connectivity index (χ3v) is 3.69. The van der Waals surface area contributed by atoms with Gasteiger partial charge in [0, 0.05) is 20.0 Å². The number of anilines is 1. The van der Waals surface area contributed by atoms with Gasteiger partial charge in [-0.3, -0.25) is 4.79 Å². The Morgan fingerprint density at radius 3 is 2.62 bits per heavy atom. The predicted octanol–water partition coefficient (Wildman–Crippen LogP) is 1.96. The number of thiazole rings is 1. The van der Waals surface area contributed by atoms with Crippen LogP contribution in [0.15, 0.2) is 6.20 Å². The Hall–Kier alpha value is -0.940. The highest BCUT2D eigenvalue weighted by Gasteiger charge is 2.24.